The topological polar surface area (TPSA) is 67.9 Å². The highest BCUT2D eigenvalue weighted by molar-refractivity contribution is 6.04. The third-order valence-electron chi connectivity index (χ3n) is 5.64. The van der Waals surface area contributed by atoms with Gasteiger partial charge in [-0.3, -0.25) is 9.69 Å². The minimum atomic E-state index is -0.591. The summed E-state index contributed by atoms with van der Waals surface area (Å²) in [4.78, 5) is 27.2. The molecule has 4 rings (SSSR count). The Hall–Kier alpha value is -4.06. The van der Waals surface area contributed by atoms with Crippen LogP contribution in [0.2, 0.25) is 0 Å². The molecule has 6 heteroatoms. The number of benzene rings is 3. The van der Waals surface area contributed by atoms with Gasteiger partial charge in [-0.05, 0) is 49.2 Å². The van der Waals surface area contributed by atoms with Crippen LogP contribution in [-0.2, 0) is 11.4 Å². The van der Waals surface area contributed by atoms with Gasteiger partial charge >= 0.3 is 6.03 Å². The van der Waals surface area contributed by atoms with Gasteiger partial charge in [-0.1, -0.05) is 54.6 Å². The van der Waals surface area contributed by atoms with Crippen LogP contribution in [0.4, 0.5) is 10.5 Å². The summed E-state index contributed by atoms with van der Waals surface area (Å²) in [6, 6.07) is 23.7. The van der Waals surface area contributed by atoms with E-state index in [-0.39, 0.29) is 11.8 Å². The smallest absolute Gasteiger partial charge is 0.326 e. The molecule has 0 spiro atoms. The van der Waals surface area contributed by atoms with Crippen molar-refractivity contribution in [3.05, 3.63) is 101 Å². The van der Waals surface area contributed by atoms with Crippen molar-refractivity contribution < 1.29 is 19.1 Å². The van der Waals surface area contributed by atoms with E-state index in [1.54, 1.807) is 26.2 Å². The zero-order valence-electron chi connectivity index (χ0n) is 18.9. The van der Waals surface area contributed by atoms with Gasteiger partial charge in [0.25, 0.3) is 0 Å². The number of carbonyl (C=O) groups is 2. The third kappa shape index (κ3) is 4.60. The van der Waals surface area contributed by atoms with Crippen LogP contribution in [-0.4, -0.2) is 18.9 Å². The first kappa shape index (κ1) is 22.1. The Labute approximate surface area is 193 Å². The van der Waals surface area contributed by atoms with Crippen molar-refractivity contribution in [3.8, 4) is 11.5 Å². The lowest BCUT2D eigenvalue weighted by Crippen LogP contribution is -2.47. The van der Waals surface area contributed by atoms with E-state index in [1.807, 2.05) is 66.7 Å². The van der Waals surface area contributed by atoms with Gasteiger partial charge in [0.15, 0.2) is 17.3 Å². The molecule has 3 aromatic rings. The van der Waals surface area contributed by atoms with Gasteiger partial charge in [0.05, 0.1) is 18.8 Å². The number of anilines is 1. The first-order chi connectivity index (χ1) is 16.0. The zero-order chi connectivity index (χ0) is 23.4. The number of hydrogen-bond donors (Lipinski definition) is 1. The summed E-state index contributed by atoms with van der Waals surface area (Å²) in [6.45, 7) is 3.71. The van der Waals surface area contributed by atoms with Crippen LogP contribution in [0.5, 0.6) is 11.5 Å². The van der Waals surface area contributed by atoms with Crippen LogP contribution in [0.15, 0.2) is 90.1 Å². The molecule has 0 bridgehead atoms. The molecular formula is C27H26N2O4. The van der Waals surface area contributed by atoms with E-state index in [2.05, 4.69) is 5.32 Å². The van der Waals surface area contributed by atoms with Gasteiger partial charge in [-0.25, -0.2) is 4.79 Å². The molecule has 0 radical (unpaired) electrons. The van der Waals surface area contributed by atoms with Gasteiger partial charge in [0.2, 0.25) is 0 Å². The van der Waals surface area contributed by atoms with Crippen molar-refractivity contribution in [1.29, 1.82) is 0 Å². The van der Waals surface area contributed by atoms with Crippen molar-refractivity contribution in [3.63, 3.8) is 0 Å². The lowest BCUT2D eigenvalue weighted by atomic mass is 9.92. The van der Waals surface area contributed by atoms with E-state index >= 15 is 0 Å². The van der Waals surface area contributed by atoms with Gasteiger partial charge in [-0.2, -0.15) is 0 Å². The summed E-state index contributed by atoms with van der Waals surface area (Å²) >= 11 is 0. The van der Waals surface area contributed by atoms with Crippen LogP contribution >= 0.6 is 0 Å². The average Bonchev–Trinajstić information content (AvgIpc) is 2.83. The monoisotopic (exact) mass is 442 g/mol. The fourth-order valence-electron chi connectivity index (χ4n) is 4.06. The van der Waals surface area contributed by atoms with E-state index in [4.69, 9.17) is 9.47 Å². The normalized spacial score (nSPS) is 15.8. The minimum Gasteiger partial charge on any atom is -0.493 e. The second-order valence-corrected chi connectivity index (χ2v) is 7.79. The highest BCUT2D eigenvalue weighted by atomic mass is 16.5. The predicted molar refractivity (Wildman–Crippen MR) is 127 cm³/mol. The van der Waals surface area contributed by atoms with Gasteiger partial charge < -0.3 is 14.8 Å². The van der Waals surface area contributed by atoms with E-state index in [1.165, 1.54) is 11.8 Å². The van der Waals surface area contributed by atoms with Crippen LogP contribution < -0.4 is 19.7 Å². The van der Waals surface area contributed by atoms with Gasteiger partial charge in [-0.15, -0.1) is 0 Å². The maximum Gasteiger partial charge on any atom is 0.326 e. The highest BCUT2D eigenvalue weighted by Crippen LogP contribution is 2.37. The number of nitrogens with one attached hydrogen (secondary N) is 1. The summed E-state index contributed by atoms with van der Waals surface area (Å²) < 4.78 is 11.5. The maximum absolute atomic E-state index is 13.1. The van der Waals surface area contributed by atoms with E-state index in [9.17, 15) is 9.59 Å². The molecule has 0 saturated heterocycles. The molecule has 0 unspecified atom stereocenters. The number of ether oxygens (including phenoxy) is 2. The Bertz CT molecular complexity index is 1190. The van der Waals surface area contributed by atoms with Crippen molar-refractivity contribution in [2.24, 2.45) is 0 Å². The third-order valence-corrected chi connectivity index (χ3v) is 5.64. The Balaban J connectivity index is 1.66. The molecule has 6 nitrogen and oxygen atoms in total. The molecule has 1 aliphatic rings. The second kappa shape index (κ2) is 9.61. The molecule has 3 aromatic carbocycles. The zero-order valence-corrected chi connectivity index (χ0v) is 18.9. The summed E-state index contributed by atoms with van der Waals surface area (Å²) in [5.74, 6) is 1.01. The quantitative estimate of drug-likeness (QED) is 0.531. The number of Topliss-reactive ketones (excluding diaryl/α,β-unsaturated/α-hetero) is 1. The highest BCUT2D eigenvalue weighted by Gasteiger charge is 2.35. The van der Waals surface area contributed by atoms with Crippen molar-refractivity contribution in [2.45, 2.75) is 26.5 Å². The SMILES string of the molecule is COc1cc([C@@H]2NC(=O)N(c3ccccc3)C(C)=C2C(C)=O)ccc1OCc1ccccc1. The van der Waals surface area contributed by atoms with E-state index in [0.717, 1.165) is 11.1 Å². The van der Waals surface area contributed by atoms with Crippen LogP contribution in [0, 0.1) is 0 Å². The summed E-state index contributed by atoms with van der Waals surface area (Å²) in [6.07, 6.45) is 0. The van der Waals surface area contributed by atoms with E-state index in [0.29, 0.717) is 35.1 Å². The molecule has 1 atom stereocenters. The first-order valence-corrected chi connectivity index (χ1v) is 10.7. The molecule has 168 valence electrons. The number of rotatable bonds is 7. The van der Waals surface area contributed by atoms with Crippen LogP contribution in [0.1, 0.15) is 31.0 Å². The number of hydrogen-bond acceptors (Lipinski definition) is 4. The second-order valence-electron chi connectivity index (χ2n) is 7.79. The molecule has 0 aromatic heterocycles. The molecule has 1 heterocycles. The Morgan fingerprint density at radius 2 is 1.64 bits per heavy atom. The lowest BCUT2D eigenvalue weighted by molar-refractivity contribution is -0.114. The maximum atomic E-state index is 13.1. The first-order valence-electron chi connectivity index (χ1n) is 10.7. The minimum absolute atomic E-state index is 0.109. The lowest BCUT2D eigenvalue weighted by Gasteiger charge is -2.35. The largest absolute Gasteiger partial charge is 0.493 e. The van der Waals surface area contributed by atoms with Crippen molar-refractivity contribution in [2.75, 3.05) is 12.0 Å². The average molecular weight is 443 g/mol. The summed E-state index contributed by atoms with van der Waals surface area (Å²) in [7, 11) is 1.57. The van der Waals surface area contributed by atoms with Crippen LogP contribution in [0.3, 0.4) is 0 Å². The Kier molecular flexibility index (Phi) is 6.45. The number of amides is 2. The van der Waals surface area contributed by atoms with Crippen LogP contribution in [0.25, 0.3) is 0 Å². The van der Waals surface area contributed by atoms with E-state index < -0.39 is 6.04 Å². The molecule has 0 saturated carbocycles. The number of allylic oxidation sites excluding steroid dienone is 1. The molecule has 33 heavy (non-hydrogen) atoms. The molecule has 0 aliphatic carbocycles. The molecular weight excluding hydrogens is 416 g/mol. The Morgan fingerprint density at radius 1 is 0.970 bits per heavy atom. The van der Waals surface area contributed by atoms with Gasteiger partial charge in [0.1, 0.15) is 6.61 Å². The summed E-state index contributed by atoms with van der Waals surface area (Å²) in [5, 5.41) is 2.98. The molecule has 2 amide bonds. The number of ketones is 1. The fourth-order valence-corrected chi connectivity index (χ4v) is 4.06. The molecule has 0 fully saturated rings. The number of para-hydroxylation sites is 1. The number of methoxy groups -OCH3 is 1. The Morgan fingerprint density at radius 3 is 2.27 bits per heavy atom. The van der Waals surface area contributed by atoms with Gasteiger partial charge in [0, 0.05) is 11.3 Å². The van der Waals surface area contributed by atoms with Crippen molar-refractivity contribution in [1.82, 2.24) is 5.32 Å². The number of carbonyl (C=O) groups excluding carboxylic acids is 2. The standard InChI is InChI=1S/C27H26N2O4/c1-18-25(19(2)30)26(28-27(31)29(18)22-12-8-5-9-13-22)21-14-15-23(24(16-21)32-3)33-17-20-10-6-4-7-11-20/h4-16,26H,17H2,1-3H3,(H,28,31)/t26-/m0/s1. The fraction of sp³-hybridized carbons (Fsp3) is 0.185. The number of nitrogens with zero attached hydrogens (tertiary/aromatic N) is 1. The molecule has 1 aliphatic heterocycles. The molecule has 1 N–H and O–H groups in total. The number of urea groups is 1. The van der Waals surface area contributed by atoms with Crippen molar-refractivity contribution >= 4 is 17.5 Å². The summed E-state index contributed by atoms with van der Waals surface area (Å²) in [5.41, 5.74) is 3.61. The predicted octanol–water partition coefficient (Wildman–Crippen LogP) is 5.41.